The van der Waals surface area contributed by atoms with Crippen molar-refractivity contribution in [2.75, 3.05) is 0 Å². The summed E-state index contributed by atoms with van der Waals surface area (Å²) in [7, 11) is 0. The van der Waals surface area contributed by atoms with Gasteiger partial charge in [0.2, 0.25) is 0 Å². The van der Waals surface area contributed by atoms with Gasteiger partial charge in [0.25, 0.3) is 0 Å². The Balaban J connectivity index is 2.51. The van der Waals surface area contributed by atoms with Gasteiger partial charge in [0.1, 0.15) is 5.82 Å². The van der Waals surface area contributed by atoms with Crippen LogP contribution in [-0.4, -0.2) is 14.8 Å². The molecule has 0 atom stereocenters. The lowest BCUT2D eigenvalue weighted by molar-refractivity contribution is 0.586. The Bertz CT molecular complexity index is 500. The summed E-state index contributed by atoms with van der Waals surface area (Å²) < 4.78 is 2.17. The van der Waals surface area contributed by atoms with Crippen molar-refractivity contribution >= 4 is 15.9 Å². The van der Waals surface area contributed by atoms with Gasteiger partial charge in [-0.3, -0.25) is 0 Å². The van der Waals surface area contributed by atoms with Gasteiger partial charge in [0.05, 0.1) is 5.33 Å². The summed E-state index contributed by atoms with van der Waals surface area (Å²) >= 11 is 3.45. The minimum absolute atomic E-state index is 0.355. The summed E-state index contributed by atoms with van der Waals surface area (Å²) in [5.41, 5.74) is 2.37. The molecule has 0 saturated carbocycles. The van der Waals surface area contributed by atoms with Crippen molar-refractivity contribution in [3.8, 4) is 11.4 Å². The van der Waals surface area contributed by atoms with Crippen LogP contribution in [0.15, 0.2) is 24.3 Å². The molecule has 0 aliphatic rings. The molecule has 90 valence electrons. The van der Waals surface area contributed by atoms with E-state index in [0.29, 0.717) is 6.04 Å². The van der Waals surface area contributed by atoms with Crippen molar-refractivity contribution in [3.63, 3.8) is 0 Å². The van der Waals surface area contributed by atoms with E-state index in [9.17, 15) is 0 Å². The largest absolute Gasteiger partial charge is 0.308 e. The first-order chi connectivity index (χ1) is 8.13. The molecule has 1 aromatic carbocycles. The number of benzene rings is 1. The second-order valence-electron chi connectivity index (χ2n) is 4.40. The zero-order chi connectivity index (χ0) is 12.4. The molecule has 4 heteroatoms. The first-order valence-electron chi connectivity index (χ1n) is 5.70. The molecule has 0 spiro atoms. The summed E-state index contributed by atoms with van der Waals surface area (Å²) in [5, 5.41) is 9.24. The molecule has 0 saturated heterocycles. The van der Waals surface area contributed by atoms with Crippen molar-refractivity contribution in [1.82, 2.24) is 14.8 Å². The Hall–Kier alpha value is -1.16. The fraction of sp³-hybridized carbons (Fsp3) is 0.385. The summed E-state index contributed by atoms with van der Waals surface area (Å²) in [6.45, 7) is 6.38. The van der Waals surface area contributed by atoms with E-state index in [1.165, 1.54) is 5.56 Å². The minimum atomic E-state index is 0.355. The maximum Gasteiger partial charge on any atom is 0.164 e. The molecule has 1 aromatic heterocycles. The van der Waals surface area contributed by atoms with Crippen molar-refractivity contribution < 1.29 is 0 Å². The van der Waals surface area contributed by atoms with Crippen molar-refractivity contribution in [1.29, 1.82) is 0 Å². The van der Waals surface area contributed by atoms with Gasteiger partial charge >= 0.3 is 0 Å². The number of hydrogen-bond acceptors (Lipinski definition) is 2. The molecule has 0 aliphatic heterocycles. The molecule has 0 fully saturated rings. The van der Waals surface area contributed by atoms with Crippen LogP contribution < -0.4 is 0 Å². The van der Waals surface area contributed by atoms with Crippen molar-refractivity contribution in [2.24, 2.45) is 0 Å². The monoisotopic (exact) mass is 293 g/mol. The molecule has 0 radical (unpaired) electrons. The fourth-order valence-corrected chi connectivity index (χ4v) is 2.24. The quantitative estimate of drug-likeness (QED) is 0.808. The Labute approximate surface area is 110 Å². The summed E-state index contributed by atoms with van der Waals surface area (Å²) in [5.74, 6) is 1.91. The van der Waals surface area contributed by atoms with E-state index < -0.39 is 0 Å². The number of rotatable bonds is 3. The zero-order valence-electron chi connectivity index (χ0n) is 10.3. The standard InChI is InChI=1S/C13H16BrN3/c1-9(2)17-12(8-14)15-16-13(17)11-6-4-10(3)5-7-11/h4-7,9H,8H2,1-3H3. The Kier molecular flexibility index (Phi) is 3.62. The molecule has 0 amide bonds. The smallest absolute Gasteiger partial charge is 0.164 e. The van der Waals surface area contributed by atoms with Gasteiger partial charge < -0.3 is 4.57 Å². The van der Waals surface area contributed by atoms with Crippen LogP contribution in [0.5, 0.6) is 0 Å². The second-order valence-corrected chi connectivity index (χ2v) is 4.96. The summed E-state index contributed by atoms with van der Waals surface area (Å²) in [6.07, 6.45) is 0. The van der Waals surface area contributed by atoms with Crippen molar-refractivity contribution in [2.45, 2.75) is 32.1 Å². The highest BCUT2D eigenvalue weighted by Crippen LogP contribution is 2.23. The van der Waals surface area contributed by atoms with Gasteiger partial charge in [-0.15, -0.1) is 10.2 Å². The first kappa shape index (κ1) is 12.3. The average molecular weight is 294 g/mol. The maximum atomic E-state index is 4.29. The predicted octanol–water partition coefficient (Wildman–Crippen LogP) is 3.73. The third-order valence-corrected chi connectivity index (χ3v) is 3.21. The van der Waals surface area contributed by atoms with Gasteiger partial charge in [-0.1, -0.05) is 45.8 Å². The Morgan fingerprint density at radius 2 is 1.82 bits per heavy atom. The Morgan fingerprint density at radius 1 is 1.18 bits per heavy atom. The van der Waals surface area contributed by atoms with Crippen LogP contribution in [-0.2, 0) is 5.33 Å². The van der Waals surface area contributed by atoms with Gasteiger partial charge in [-0.2, -0.15) is 0 Å². The Morgan fingerprint density at radius 3 is 2.35 bits per heavy atom. The van der Waals surface area contributed by atoms with E-state index in [1.54, 1.807) is 0 Å². The molecule has 0 bridgehead atoms. The third-order valence-electron chi connectivity index (χ3n) is 2.71. The van der Waals surface area contributed by atoms with E-state index >= 15 is 0 Å². The molecular weight excluding hydrogens is 278 g/mol. The first-order valence-corrected chi connectivity index (χ1v) is 6.82. The fourth-order valence-electron chi connectivity index (χ4n) is 1.86. The molecule has 0 N–H and O–H groups in total. The topological polar surface area (TPSA) is 30.7 Å². The lowest BCUT2D eigenvalue weighted by atomic mass is 10.1. The van der Waals surface area contributed by atoms with E-state index in [2.05, 4.69) is 75.7 Å². The highest BCUT2D eigenvalue weighted by Gasteiger charge is 2.14. The van der Waals surface area contributed by atoms with E-state index in [-0.39, 0.29) is 0 Å². The van der Waals surface area contributed by atoms with Crippen LogP contribution in [0.25, 0.3) is 11.4 Å². The predicted molar refractivity (Wildman–Crippen MR) is 73.2 cm³/mol. The zero-order valence-corrected chi connectivity index (χ0v) is 11.9. The number of aryl methyl sites for hydroxylation is 1. The maximum absolute atomic E-state index is 4.29. The molecule has 3 nitrogen and oxygen atoms in total. The minimum Gasteiger partial charge on any atom is -0.308 e. The summed E-state index contributed by atoms with van der Waals surface area (Å²) in [6, 6.07) is 8.74. The molecule has 2 rings (SSSR count). The van der Waals surface area contributed by atoms with Gasteiger partial charge in [-0.05, 0) is 20.8 Å². The number of alkyl halides is 1. The lowest BCUT2D eigenvalue weighted by Gasteiger charge is -2.13. The second kappa shape index (κ2) is 5.00. The van der Waals surface area contributed by atoms with E-state index in [1.807, 2.05) is 0 Å². The van der Waals surface area contributed by atoms with E-state index in [0.717, 1.165) is 22.5 Å². The number of aromatic nitrogens is 3. The lowest BCUT2D eigenvalue weighted by Crippen LogP contribution is -2.06. The van der Waals surface area contributed by atoms with Crippen LogP contribution in [0.4, 0.5) is 0 Å². The van der Waals surface area contributed by atoms with Crippen molar-refractivity contribution in [3.05, 3.63) is 35.7 Å². The molecule has 1 heterocycles. The molecular formula is C13H16BrN3. The summed E-state index contributed by atoms with van der Waals surface area (Å²) in [4.78, 5) is 0. The van der Waals surface area contributed by atoms with Crippen LogP contribution in [0, 0.1) is 6.92 Å². The van der Waals surface area contributed by atoms with Crippen LogP contribution >= 0.6 is 15.9 Å². The highest BCUT2D eigenvalue weighted by molar-refractivity contribution is 9.08. The molecule has 0 aliphatic carbocycles. The number of hydrogen-bond donors (Lipinski definition) is 0. The molecule has 0 unspecified atom stereocenters. The number of halogens is 1. The van der Waals surface area contributed by atoms with Gasteiger partial charge in [-0.25, -0.2) is 0 Å². The van der Waals surface area contributed by atoms with Crippen LogP contribution in [0.3, 0.4) is 0 Å². The van der Waals surface area contributed by atoms with Gasteiger partial charge in [0, 0.05) is 11.6 Å². The van der Waals surface area contributed by atoms with Gasteiger partial charge in [0.15, 0.2) is 5.82 Å². The molecule has 2 aromatic rings. The van der Waals surface area contributed by atoms with Crippen LogP contribution in [0.2, 0.25) is 0 Å². The van der Waals surface area contributed by atoms with Crippen LogP contribution in [0.1, 0.15) is 31.3 Å². The number of nitrogens with zero attached hydrogens (tertiary/aromatic N) is 3. The highest BCUT2D eigenvalue weighted by atomic mass is 79.9. The third kappa shape index (κ3) is 2.41. The van der Waals surface area contributed by atoms with E-state index in [4.69, 9.17) is 0 Å². The molecule has 17 heavy (non-hydrogen) atoms. The SMILES string of the molecule is Cc1ccc(-c2nnc(CBr)n2C(C)C)cc1. The average Bonchev–Trinajstić information content (AvgIpc) is 2.73. The normalized spacial score (nSPS) is 11.1.